The first-order chi connectivity index (χ1) is 12.3. The van der Waals surface area contributed by atoms with Crippen molar-refractivity contribution in [3.8, 4) is 5.75 Å². The molecule has 1 aliphatic heterocycles. The summed E-state index contributed by atoms with van der Waals surface area (Å²) in [5, 5.41) is 4.99. The number of aryl methyl sites for hydroxylation is 1. The van der Waals surface area contributed by atoms with E-state index in [0.29, 0.717) is 17.2 Å². The van der Waals surface area contributed by atoms with Crippen LogP contribution in [0.2, 0.25) is 0 Å². The minimum atomic E-state index is -0.309. The molecule has 136 valence electrons. The zero-order valence-electron chi connectivity index (χ0n) is 15.4. The smallest absolute Gasteiger partial charge is 0.259 e. The number of nitrogen functional groups attached to an aromatic ring is 1. The van der Waals surface area contributed by atoms with Crippen LogP contribution in [0.25, 0.3) is 0 Å². The van der Waals surface area contributed by atoms with E-state index in [1.165, 1.54) is 5.57 Å². The van der Waals surface area contributed by atoms with E-state index in [9.17, 15) is 4.79 Å². The van der Waals surface area contributed by atoms with Gasteiger partial charge in [-0.3, -0.25) is 4.79 Å². The molecule has 6 heteroatoms. The number of pyridine rings is 1. The van der Waals surface area contributed by atoms with Crippen molar-refractivity contribution in [1.29, 1.82) is 0 Å². The SMILES string of the molecule is CC1=CSC(C)(Oc2ccc(NC(=O)c3ccc(C)nc3N)cc2)C1C. The molecule has 1 aliphatic rings. The summed E-state index contributed by atoms with van der Waals surface area (Å²) in [6.07, 6.45) is 0. The molecule has 2 aromatic rings. The van der Waals surface area contributed by atoms with Crippen LogP contribution in [-0.2, 0) is 0 Å². The number of rotatable bonds is 4. The van der Waals surface area contributed by atoms with Crippen LogP contribution in [0.15, 0.2) is 47.4 Å². The largest absolute Gasteiger partial charge is 0.476 e. The lowest BCUT2D eigenvalue weighted by Gasteiger charge is -2.30. The van der Waals surface area contributed by atoms with Gasteiger partial charge in [0.1, 0.15) is 11.6 Å². The fourth-order valence-corrected chi connectivity index (χ4v) is 3.91. The van der Waals surface area contributed by atoms with Crippen molar-refractivity contribution in [2.45, 2.75) is 32.6 Å². The highest BCUT2D eigenvalue weighted by Crippen LogP contribution is 2.45. The number of aromatic nitrogens is 1. The molecular weight excluding hydrogens is 346 g/mol. The molecule has 1 aromatic heterocycles. The summed E-state index contributed by atoms with van der Waals surface area (Å²) in [6, 6.07) is 10.8. The summed E-state index contributed by atoms with van der Waals surface area (Å²) >= 11 is 1.70. The van der Waals surface area contributed by atoms with Gasteiger partial charge in [-0.2, -0.15) is 0 Å². The van der Waals surface area contributed by atoms with Crippen LogP contribution in [0, 0.1) is 12.8 Å². The van der Waals surface area contributed by atoms with Crippen molar-refractivity contribution in [3.05, 3.63) is 58.6 Å². The van der Waals surface area contributed by atoms with Gasteiger partial charge in [-0.1, -0.05) is 24.3 Å². The average Bonchev–Trinajstić information content (AvgIpc) is 2.84. The Morgan fingerprint density at radius 2 is 1.92 bits per heavy atom. The number of thioether (sulfide) groups is 1. The maximum Gasteiger partial charge on any atom is 0.259 e. The Morgan fingerprint density at radius 1 is 1.23 bits per heavy atom. The maximum atomic E-state index is 12.4. The van der Waals surface area contributed by atoms with Gasteiger partial charge in [0.25, 0.3) is 5.91 Å². The van der Waals surface area contributed by atoms with Crippen LogP contribution < -0.4 is 15.8 Å². The molecule has 0 saturated heterocycles. The van der Waals surface area contributed by atoms with Crippen molar-refractivity contribution in [3.63, 3.8) is 0 Å². The maximum absolute atomic E-state index is 12.4. The van der Waals surface area contributed by atoms with Gasteiger partial charge >= 0.3 is 0 Å². The normalized spacial score (nSPS) is 22.0. The minimum Gasteiger partial charge on any atom is -0.476 e. The first kappa shape index (κ1) is 18.3. The van der Waals surface area contributed by atoms with E-state index in [1.807, 2.05) is 31.2 Å². The van der Waals surface area contributed by atoms with Crippen molar-refractivity contribution in [1.82, 2.24) is 4.98 Å². The summed E-state index contributed by atoms with van der Waals surface area (Å²) in [7, 11) is 0. The molecule has 0 aliphatic carbocycles. The average molecular weight is 369 g/mol. The molecule has 5 nitrogen and oxygen atoms in total. The fourth-order valence-electron chi connectivity index (χ4n) is 2.75. The van der Waals surface area contributed by atoms with Gasteiger partial charge in [0.05, 0.1) is 5.56 Å². The predicted molar refractivity (Wildman–Crippen MR) is 107 cm³/mol. The Kier molecular flexibility index (Phi) is 4.96. The number of hydrogen-bond donors (Lipinski definition) is 2. The molecule has 0 radical (unpaired) electrons. The second kappa shape index (κ2) is 7.03. The first-order valence-electron chi connectivity index (χ1n) is 8.46. The highest BCUT2D eigenvalue weighted by molar-refractivity contribution is 8.03. The van der Waals surface area contributed by atoms with Gasteiger partial charge in [0.2, 0.25) is 0 Å². The van der Waals surface area contributed by atoms with Gasteiger partial charge in [-0.25, -0.2) is 4.98 Å². The fraction of sp³-hybridized carbons (Fsp3) is 0.300. The topological polar surface area (TPSA) is 77.2 Å². The second-order valence-electron chi connectivity index (χ2n) is 6.68. The highest BCUT2D eigenvalue weighted by atomic mass is 32.2. The van der Waals surface area contributed by atoms with Gasteiger partial charge in [-0.15, -0.1) is 0 Å². The van der Waals surface area contributed by atoms with E-state index in [4.69, 9.17) is 10.5 Å². The lowest BCUT2D eigenvalue weighted by Crippen LogP contribution is -2.33. The van der Waals surface area contributed by atoms with E-state index >= 15 is 0 Å². The third-order valence-electron chi connectivity index (χ3n) is 4.69. The molecule has 2 atom stereocenters. The van der Waals surface area contributed by atoms with E-state index in [2.05, 4.69) is 36.5 Å². The van der Waals surface area contributed by atoms with Crippen molar-refractivity contribution in [2.24, 2.45) is 5.92 Å². The number of nitrogens with two attached hydrogens (primary N) is 1. The second-order valence-corrected chi connectivity index (χ2v) is 7.97. The Labute approximate surface area is 158 Å². The number of anilines is 2. The zero-order valence-corrected chi connectivity index (χ0v) is 16.2. The lowest BCUT2D eigenvalue weighted by molar-refractivity contribution is 0.102. The molecule has 3 rings (SSSR count). The number of hydrogen-bond acceptors (Lipinski definition) is 5. The Morgan fingerprint density at radius 3 is 2.50 bits per heavy atom. The standard InChI is InChI=1S/C20H23N3O2S/c1-12-11-26-20(4,14(12)3)25-16-8-6-15(7-9-16)23-19(24)17-10-5-13(2)22-18(17)21/h5-11,14H,1-4H3,(H2,21,22)(H,23,24). The number of carbonyl (C=O) groups excluding carboxylic acids is 1. The zero-order chi connectivity index (χ0) is 18.9. The number of nitrogens with one attached hydrogen (secondary N) is 1. The van der Waals surface area contributed by atoms with Gasteiger partial charge < -0.3 is 15.8 Å². The quantitative estimate of drug-likeness (QED) is 0.823. The Hall–Kier alpha value is -2.47. The van der Waals surface area contributed by atoms with Crippen LogP contribution >= 0.6 is 11.8 Å². The van der Waals surface area contributed by atoms with E-state index in [-0.39, 0.29) is 16.7 Å². The van der Waals surface area contributed by atoms with E-state index in [0.717, 1.165) is 11.4 Å². The van der Waals surface area contributed by atoms with Crippen LogP contribution in [0.1, 0.15) is 36.8 Å². The minimum absolute atomic E-state index is 0.227. The van der Waals surface area contributed by atoms with Gasteiger partial charge in [0, 0.05) is 17.3 Å². The molecule has 0 saturated carbocycles. The van der Waals surface area contributed by atoms with E-state index in [1.54, 1.807) is 23.9 Å². The van der Waals surface area contributed by atoms with E-state index < -0.39 is 0 Å². The monoisotopic (exact) mass is 369 g/mol. The third-order valence-corrected chi connectivity index (χ3v) is 6.08. The summed E-state index contributed by atoms with van der Waals surface area (Å²) in [5.41, 5.74) is 8.97. The highest BCUT2D eigenvalue weighted by Gasteiger charge is 2.38. The van der Waals surface area contributed by atoms with Crippen molar-refractivity contribution >= 4 is 29.2 Å². The molecule has 1 aromatic carbocycles. The Balaban J connectivity index is 1.67. The molecule has 2 unspecified atom stereocenters. The lowest BCUT2D eigenvalue weighted by atomic mass is 9.98. The van der Waals surface area contributed by atoms with Gasteiger partial charge in [0.15, 0.2) is 4.93 Å². The van der Waals surface area contributed by atoms with Crippen molar-refractivity contribution < 1.29 is 9.53 Å². The molecule has 0 bridgehead atoms. The van der Waals surface area contributed by atoms with Gasteiger partial charge in [-0.05, 0) is 62.6 Å². The van der Waals surface area contributed by atoms with Crippen LogP contribution in [0.3, 0.4) is 0 Å². The molecular formula is C20H23N3O2S. The number of amides is 1. The molecule has 3 N–H and O–H groups in total. The number of benzene rings is 1. The summed E-state index contributed by atoms with van der Waals surface area (Å²) in [5.74, 6) is 1.05. The molecule has 2 heterocycles. The van der Waals surface area contributed by atoms with Crippen LogP contribution in [0.5, 0.6) is 5.75 Å². The summed E-state index contributed by atoms with van der Waals surface area (Å²) in [6.45, 7) is 8.22. The first-order valence-corrected chi connectivity index (χ1v) is 9.34. The summed E-state index contributed by atoms with van der Waals surface area (Å²) < 4.78 is 6.19. The molecule has 0 spiro atoms. The third kappa shape index (κ3) is 3.70. The molecule has 1 amide bonds. The Bertz CT molecular complexity index is 864. The van der Waals surface area contributed by atoms with Crippen LogP contribution in [0.4, 0.5) is 11.5 Å². The summed E-state index contributed by atoms with van der Waals surface area (Å²) in [4.78, 5) is 16.2. The number of carbonyl (C=O) groups is 1. The molecule has 0 fully saturated rings. The van der Waals surface area contributed by atoms with Crippen LogP contribution in [-0.4, -0.2) is 15.8 Å². The van der Waals surface area contributed by atoms with Crippen molar-refractivity contribution in [2.75, 3.05) is 11.1 Å². The number of ether oxygens (including phenoxy) is 1. The number of nitrogens with zero attached hydrogens (tertiary/aromatic N) is 1. The predicted octanol–water partition coefficient (Wildman–Crippen LogP) is 4.61. The molecule has 26 heavy (non-hydrogen) atoms.